The molecule has 0 aliphatic heterocycles. The monoisotopic (exact) mass is 228 g/mol. The molecule has 0 aromatic rings. The summed E-state index contributed by atoms with van der Waals surface area (Å²) in [4.78, 5) is 0. The van der Waals surface area contributed by atoms with E-state index in [9.17, 15) is 0 Å². The minimum absolute atomic E-state index is 0.212. The molecule has 2 N–H and O–H groups in total. The molecule has 0 spiro atoms. The predicted molar refractivity (Wildman–Crippen MR) is 68.8 cm³/mol. The standard InChI is InChI=1S/C13H28N2O/c1-4-9-14-11-12(2)15-10-8-13(16-3)6-5-7-13/h12,14-15H,4-11H2,1-3H3. The third-order valence-electron chi connectivity index (χ3n) is 3.65. The van der Waals surface area contributed by atoms with E-state index in [4.69, 9.17) is 4.74 Å². The molecule has 1 rings (SSSR count). The summed E-state index contributed by atoms with van der Waals surface area (Å²) < 4.78 is 5.60. The van der Waals surface area contributed by atoms with E-state index >= 15 is 0 Å². The van der Waals surface area contributed by atoms with Crippen LogP contribution in [0.5, 0.6) is 0 Å². The van der Waals surface area contributed by atoms with Crippen molar-refractivity contribution in [2.24, 2.45) is 0 Å². The van der Waals surface area contributed by atoms with Gasteiger partial charge >= 0.3 is 0 Å². The minimum Gasteiger partial charge on any atom is -0.378 e. The van der Waals surface area contributed by atoms with Crippen LogP contribution in [-0.4, -0.2) is 38.4 Å². The molecule has 0 bridgehead atoms. The fourth-order valence-electron chi connectivity index (χ4n) is 2.24. The highest BCUT2D eigenvalue weighted by Crippen LogP contribution is 2.37. The van der Waals surface area contributed by atoms with Crippen molar-refractivity contribution >= 4 is 0 Å². The third kappa shape index (κ3) is 4.40. The summed E-state index contributed by atoms with van der Waals surface area (Å²) in [5.41, 5.74) is 0.212. The summed E-state index contributed by atoms with van der Waals surface area (Å²) in [6.45, 7) is 7.69. The molecule has 1 aliphatic rings. The summed E-state index contributed by atoms with van der Waals surface area (Å²) in [6, 6.07) is 0.556. The van der Waals surface area contributed by atoms with Crippen LogP contribution in [0.2, 0.25) is 0 Å². The second-order valence-electron chi connectivity index (χ2n) is 5.05. The van der Waals surface area contributed by atoms with Crippen LogP contribution in [0.1, 0.15) is 46.0 Å². The van der Waals surface area contributed by atoms with E-state index in [0.29, 0.717) is 6.04 Å². The van der Waals surface area contributed by atoms with Crippen molar-refractivity contribution in [3.05, 3.63) is 0 Å². The van der Waals surface area contributed by atoms with Crippen LogP contribution in [0.15, 0.2) is 0 Å². The lowest BCUT2D eigenvalue weighted by Gasteiger charge is -2.40. The van der Waals surface area contributed by atoms with Gasteiger partial charge in [0.15, 0.2) is 0 Å². The Morgan fingerprint density at radius 3 is 2.56 bits per heavy atom. The molecule has 1 fully saturated rings. The maximum atomic E-state index is 5.60. The highest BCUT2D eigenvalue weighted by Gasteiger charge is 2.36. The maximum Gasteiger partial charge on any atom is 0.0690 e. The average molecular weight is 228 g/mol. The van der Waals surface area contributed by atoms with Crippen LogP contribution in [0.4, 0.5) is 0 Å². The van der Waals surface area contributed by atoms with Gasteiger partial charge in [-0.05, 0) is 52.1 Å². The molecule has 1 aliphatic carbocycles. The van der Waals surface area contributed by atoms with Crippen LogP contribution in [0, 0.1) is 0 Å². The molecular formula is C13H28N2O. The Kier molecular flexibility index (Phi) is 6.32. The van der Waals surface area contributed by atoms with Crippen LogP contribution in [-0.2, 0) is 4.74 Å². The van der Waals surface area contributed by atoms with Crippen molar-refractivity contribution in [1.82, 2.24) is 10.6 Å². The van der Waals surface area contributed by atoms with Gasteiger partial charge in [-0.15, -0.1) is 0 Å². The van der Waals surface area contributed by atoms with Crippen molar-refractivity contribution in [2.45, 2.75) is 57.6 Å². The predicted octanol–water partition coefficient (Wildman–Crippen LogP) is 1.92. The molecule has 3 nitrogen and oxygen atoms in total. The van der Waals surface area contributed by atoms with E-state index in [-0.39, 0.29) is 5.60 Å². The van der Waals surface area contributed by atoms with E-state index in [0.717, 1.165) is 26.1 Å². The zero-order valence-electron chi connectivity index (χ0n) is 11.1. The van der Waals surface area contributed by atoms with Crippen molar-refractivity contribution in [2.75, 3.05) is 26.7 Å². The highest BCUT2D eigenvalue weighted by molar-refractivity contribution is 4.90. The highest BCUT2D eigenvalue weighted by atomic mass is 16.5. The first-order valence-electron chi connectivity index (χ1n) is 6.72. The molecule has 1 atom stereocenters. The van der Waals surface area contributed by atoms with Gasteiger partial charge in [-0.1, -0.05) is 6.92 Å². The van der Waals surface area contributed by atoms with E-state index in [1.165, 1.54) is 25.7 Å². The molecule has 1 saturated carbocycles. The van der Waals surface area contributed by atoms with Gasteiger partial charge in [-0.3, -0.25) is 0 Å². The summed E-state index contributed by atoms with van der Waals surface area (Å²) in [5.74, 6) is 0. The molecule has 96 valence electrons. The summed E-state index contributed by atoms with van der Waals surface area (Å²) >= 11 is 0. The number of ether oxygens (including phenoxy) is 1. The van der Waals surface area contributed by atoms with E-state index in [1.54, 1.807) is 0 Å². The van der Waals surface area contributed by atoms with Gasteiger partial charge in [0.2, 0.25) is 0 Å². The van der Waals surface area contributed by atoms with Gasteiger partial charge < -0.3 is 15.4 Å². The van der Waals surface area contributed by atoms with Gasteiger partial charge in [0.25, 0.3) is 0 Å². The summed E-state index contributed by atoms with van der Waals surface area (Å²) in [5, 5.41) is 6.99. The van der Waals surface area contributed by atoms with Gasteiger partial charge in [0.05, 0.1) is 5.60 Å². The van der Waals surface area contributed by atoms with Gasteiger partial charge in [-0.25, -0.2) is 0 Å². The van der Waals surface area contributed by atoms with E-state index in [2.05, 4.69) is 24.5 Å². The molecular weight excluding hydrogens is 200 g/mol. The molecule has 16 heavy (non-hydrogen) atoms. The number of nitrogens with one attached hydrogen (secondary N) is 2. The van der Waals surface area contributed by atoms with E-state index < -0.39 is 0 Å². The van der Waals surface area contributed by atoms with Crippen molar-refractivity contribution in [1.29, 1.82) is 0 Å². The lowest BCUT2D eigenvalue weighted by molar-refractivity contribution is -0.0770. The fourth-order valence-corrected chi connectivity index (χ4v) is 2.24. The minimum atomic E-state index is 0.212. The lowest BCUT2D eigenvalue weighted by atomic mass is 9.77. The first-order chi connectivity index (χ1) is 7.72. The molecule has 1 unspecified atom stereocenters. The molecule has 3 heteroatoms. The molecule has 0 aromatic heterocycles. The van der Waals surface area contributed by atoms with Crippen molar-refractivity contribution in [3.63, 3.8) is 0 Å². The number of methoxy groups -OCH3 is 1. The maximum absolute atomic E-state index is 5.60. The Balaban J connectivity index is 2.01. The fraction of sp³-hybridized carbons (Fsp3) is 1.00. The second-order valence-corrected chi connectivity index (χ2v) is 5.05. The average Bonchev–Trinajstić information content (AvgIpc) is 2.22. The zero-order valence-corrected chi connectivity index (χ0v) is 11.1. The Hall–Kier alpha value is -0.120. The molecule has 0 saturated heterocycles. The van der Waals surface area contributed by atoms with Crippen molar-refractivity contribution in [3.8, 4) is 0 Å². The first-order valence-corrected chi connectivity index (χ1v) is 6.72. The topological polar surface area (TPSA) is 33.3 Å². The number of hydrogen-bond donors (Lipinski definition) is 2. The van der Waals surface area contributed by atoms with Crippen molar-refractivity contribution < 1.29 is 4.74 Å². The summed E-state index contributed by atoms with van der Waals surface area (Å²) in [7, 11) is 1.85. The second kappa shape index (κ2) is 7.25. The zero-order chi connectivity index (χ0) is 11.9. The van der Waals surface area contributed by atoms with Crippen LogP contribution in [0.3, 0.4) is 0 Å². The molecule has 0 radical (unpaired) electrons. The molecule has 0 amide bonds. The number of hydrogen-bond acceptors (Lipinski definition) is 3. The van der Waals surface area contributed by atoms with Gasteiger partial charge in [0, 0.05) is 19.7 Å². The Bertz CT molecular complexity index is 175. The summed E-state index contributed by atoms with van der Waals surface area (Å²) in [6.07, 6.45) is 6.18. The Labute approximate surface area is 100 Å². The smallest absolute Gasteiger partial charge is 0.0690 e. The SMILES string of the molecule is CCCNCC(C)NCCC1(OC)CCC1. The van der Waals surface area contributed by atoms with Crippen LogP contribution >= 0.6 is 0 Å². The normalized spacial score (nSPS) is 20.4. The lowest BCUT2D eigenvalue weighted by Crippen LogP contribution is -2.44. The van der Waals surface area contributed by atoms with Crippen LogP contribution in [0.25, 0.3) is 0 Å². The largest absolute Gasteiger partial charge is 0.378 e. The Morgan fingerprint density at radius 2 is 2.06 bits per heavy atom. The number of rotatable bonds is 9. The molecule has 0 aromatic carbocycles. The van der Waals surface area contributed by atoms with Gasteiger partial charge in [-0.2, -0.15) is 0 Å². The van der Waals surface area contributed by atoms with Crippen LogP contribution < -0.4 is 10.6 Å². The third-order valence-corrected chi connectivity index (χ3v) is 3.65. The Morgan fingerprint density at radius 1 is 1.31 bits per heavy atom. The van der Waals surface area contributed by atoms with E-state index in [1.807, 2.05) is 7.11 Å². The van der Waals surface area contributed by atoms with Gasteiger partial charge in [0.1, 0.15) is 0 Å². The quantitative estimate of drug-likeness (QED) is 0.592. The first kappa shape index (κ1) is 13.9. The molecule has 0 heterocycles.